The molecule has 7 nitrogen and oxygen atoms in total. The van der Waals surface area contributed by atoms with Crippen LogP contribution >= 0.6 is 0 Å². The van der Waals surface area contributed by atoms with Crippen LogP contribution in [0.25, 0.3) is 11.0 Å². The summed E-state index contributed by atoms with van der Waals surface area (Å²) in [6.45, 7) is 0.684. The summed E-state index contributed by atoms with van der Waals surface area (Å²) in [5.74, 6) is 0.836. The Labute approximate surface area is 162 Å². The van der Waals surface area contributed by atoms with Crippen LogP contribution in [-0.4, -0.2) is 30.6 Å². The van der Waals surface area contributed by atoms with Crippen molar-refractivity contribution in [2.75, 3.05) is 0 Å². The van der Waals surface area contributed by atoms with E-state index in [-0.39, 0.29) is 11.9 Å². The molecule has 2 aromatic heterocycles. The maximum atomic E-state index is 12.6. The van der Waals surface area contributed by atoms with Crippen molar-refractivity contribution >= 4 is 16.9 Å². The molecule has 0 radical (unpaired) electrons. The van der Waals surface area contributed by atoms with Gasteiger partial charge < -0.3 is 10.3 Å². The molecule has 2 heterocycles. The van der Waals surface area contributed by atoms with Crippen molar-refractivity contribution in [2.45, 2.75) is 31.8 Å². The number of rotatable bonds is 8. The number of aryl methyl sites for hydroxylation is 2. The highest BCUT2D eigenvalue weighted by Crippen LogP contribution is 2.18. The Hall–Kier alpha value is -3.48. The topological polar surface area (TPSA) is 88.5 Å². The molecule has 2 N–H and O–H groups in total. The number of H-pyrrole nitrogens is 1. The fourth-order valence-electron chi connectivity index (χ4n) is 3.24. The molecule has 0 bridgehead atoms. The predicted octanol–water partition coefficient (Wildman–Crippen LogP) is 3.03. The van der Waals surface area contributed by atoms with E-state index in [1.54, 1.807) is 11.0 Å². The van der Waals surface area contributed by atoms with Gasteiger partial charge in [-0.05, 0) is 24.1 Å². The van der Waals surface area contributed by atoms with E-state index in [4.69, 9.17) is 0 Å². The second-order valence-electron chi connectivity index (χ2n) is 6.68. The Morgan fingerprint density at radius 1 is 1.11 bits per heavy atom. The zero-order chi connectivity index (χ0) is 19.2. The zero-order valence-corrected chi connectivity index (χ0v) is 15.5. The van der Waals surface area contributed by atoms with Crippen molar-refractivity contribution in [3.63, 3.8) is 0 Å². The van der Waals surface area contributed by atoms with Crippen LogP contribution in [0, 0.1) is 0 Å². The monoisotopic (exact) mass is 374 g/mol. The summed E-state index contributed by atoms with van der Waals surface area (Å²) in [6.07, 6.45) is 4.90. The Balaban J connectivity index is 1.38. The first-order chi connectivity index (χ1) is 13.8. The van der Waals surface area contributed by atoms with Crippen LogP contribution in [0.5, 0.6) is 0 Å². The van der Waals surface area contributed by atoms with E-state index in [0.717, 1.165) is 28.8 Å². The Kier molecular flexibility index (Phi) is 5.42. The molecule has 0 saturated carbocycles. The lowest BCUT2D eigenvalue weighted by Crippen LogP contribution is -2.29. The zero-order valence-electron chi connectivity index (χ0n) is 15.5. The molecule has 1 atom stereocenters. The van der Waals surface area contributed by atoms with Gasteiger partial charge in [0, 0.05) is 19.4 Å². The predicted molar refractivity (Wildman–Crippen MR) is 106 cm³/mol. The second kappa shape index (κ2) is 8.47. The highest BCUT2D eigenvalue weighted by atomic mass is 16.1. The molecule has 142 valence electrons. The average Bonchev–Trinajstić information content (AvgIpc) is 3.39. The van der Waals surface area contributed by atoms with Crippen molar-refractivity contribution in [1.82, 2.24) is 30.0 Å². The van der Waals surface area contributed by atoms with Crippen molar-refractivity contribution in [3.05, 3.63) is 78.6 Å². The summed E-state index contributed by atoms with van der Waals surface area (Å²) in [7, 11) is 0. The number of benzene rings is 2. The third-order valence-corrected chi connectivity index (χ3v) is 4.68. The standard InChI is InChI=1S/C21H22N6O/c28-21(11-10-20-24-18-8-4-5-9-19(18)25-20)26-17(16-6-2-1-3-7-16)12-13-27-15-22-14-23-27/h1-9,14-15,17H,10-13H2,(H,24,25)(H,26,28). The molecular formula is C21H22N6O. The minimum absolute atomic E-state index is 0.00731. The molecule has 0 fully saturated rings. The number of aromatic nitrogens is 5. The van der Waals surface area contributed by atoms with Crippen LogP contribution in [0.1, 0.15) is 30.3 Å². The molecule has 4 aromatic rings. The van der Waals surface area contributed by atoms with Crippen LogP contribution in [0.4, 0.5) is 0 Å². The fourth-order valence-corrected chi connectivity index (χ4v) is 3.24. The van der Waals surface area contributed by atoms with E-state index >= 15 is 0 Å². The summed E-state index contributed by atoms with van der Waals surface area (Å²) >= 11 is 0. The number of nitrogens with one attached hydrogen (secondary N) is 2. The number of fused-ring (bicyclic) bond motifs is 1. The van der Waals surface area contributed by atoms with Gasteiger partial charge in [-0.1, -0.05) is 42.5 Å². The first-order valence-electron chi connectivity index (χ1n) is 9.38. The van der Waals surface area contributed by atoms with E-state index in [1.807, 2.05) is 54.6 Å². The minimum atomic E-state index is -0.0754. The normalized spacial score (nSPS) is 12.1. The molecule has 2 aromatic carbocycles. The highest BCUT2D eigenvalue weighted by Gasteiger charge is 2.15. The third kappa shape index (κ3) is 4.43. The molecule has 0 aliphatic rings. The van der Waals surface area contributed by atoms with Crippen LogP contribution in [0.15, 0.2) is 67.3 Å². The van der Waals surface area contributed by atoms with Crippen LogP contribution < -0.4 is 5.32 Å². The SMILES string of the molecule is O=C(CCc1nc2ccccc2[nH]1)NC(CCn1cncn1)c1ccccc1. The number of aromatic amines is 1. The van der Waals surface area contributed by atoms with Crippen molar-refractivity contribution < 1.29 is 4.79 Å². The van der Waals surface area contributed by atoms with Gasteiger partial charge in [-0.3, -0.25) is 9.48 Å². The maximum Gasteiger partial charge on any atom is 0.220 e. The van der Waals surface area contributed by atoms with Gasteiger partial charge in [0.05, 0.1) is 17.1 Å². The molecule has 1 unspecified atom stereocenters. The van der Waals surface area contributed by atoms with Gasteiger partial charge in [0.25, 0.3) is 0 Å². The molecule has 7 heteroatoms. The average molecular weight is 374 g/mol. The molecule has 1 amide bonds. The van der Waals surface area contributed by atoms with Gasteiger partial charge in [0.15, 0.2) is 0 Å². The van der Waals surface area contributed by atoms with Crippen molar-refractivity contribution in [3.8, 4) is 0 Å². The van der Waals surface area contributed by atoms with Gasteiger partial charge in [0.2, 0.25) is 5.91 Å². The van der Waals surface area contributed by atoms with E-state index in [0.29, 0.717) is 19.4 Å². The van der Waals surface area contributed by atoms with E-state index in [2.05, 4.69) is 25.4 Å². The van der Waals surface area contributed by atoms with Gasteiger partial charge >= 0.3 is 0 Å². The summed E-state index contributed by atoms with van der Waals surface area (Å²) in [5.41, 5.74) is 3.00. The number of hydrogen-bond acceptors (Lipinski definition) is 4. The summed E-state index contributed by atoms with van der Waals surface area (Å²) in [6, 6.07) is 17.8. The number of para-hydroxylation sites is 2. The Morgan fingerprint density at radius 2 is 1.93 bits per heavy atom. The van der Waals surface area contributed by atoms with Crippen molar-refractivity contribution in [2.24, 2.45) is 0 Å². The first kappa shape index (κ1) is 17.9. The largest absolute Gasteiger partial charge is 0.349 e. The lowest BCUT2D eigenvalue weighted by Gasteiger charge is -2.19. The number of amides is 1. The number of carbonyl (C=O) groups is 1. The quantitative estimate of drug-likeness (QED) is 0.496. The number of carbonyl (C=O) groups excluding carboxylic acids is 1. The van der Waals surface area contributed by atoms with E-state index in [1.165, 1.54) is 6.33 Å². The highest BCUT2D eigenvalue weighted by molar-refractivity contribution is 5.77. The smallest absolute Gasteiger partial charge is 0.220 e. The van der Waals surface area contributed by atoms with Gasteiger partial charge in [-0.15, -0.1) is 0 Å². The second-order valence-corrected chi connectivity index (χ2v) is 6.68. The molecule has 0 spiro atoms. The summed E-state index contributed by atoms with van der Waals surface area (Å²) in [5, 5.41) is 7.30. The Bertz CT molecular complexity index is 992. The molecule has 0 aliphatic carbocycles. The lowest BCUT2D eigenvalue weighted by molar-refractivity contribution is -0.121. The van der Waals surface area contributed by atoms with Gasteiger partial charge in [0.1, 0.15) is 18.5 Å². The number of nitrogens with zero attached hydrogens (tertiary/aromatic N) is 4. The van der Waals surface area contributed by atoms with Gasteiger partial charge in [-0.2, -0.15) is 5.10 Å². The Morgan fingerprint density at radius 3 is 2.71 bits per heavy atom. The summed E-state index contributed by atoms with van der Waals surface area (Å²) in [4.78, 5) is 24.4. The molecular weight excluding hydrogens is 352 g/mol. The number of imidazole rings is 1. The van der Waals surface area contributed by atoms with Gasteiger partial charge in [-0.25, -0.2) is 9.97 Å². The first-order valence-corrected chi connectivity index (χ1v) is 9.38. The van der Waals surface area contributed by atoms with Crippen LogP contribution in [0.2, 0.25) is 0 Å². The van der Waals surface area contributed by atoms with Crippen LogP contribution in [-0.2, 0) is 17.8 Å². The minimum Gasteiger partial charge on any atom is -0.349 e. The molecule has 0 aliphatic heterocycles. The van der Waals surface area contributed by atoms with E-state index < -0.39 is 0 Å². The number of hydrogen-bond donors (Lipinski definition) is 2. The molecule has 0 saturated heterocycles. The van der Waals surface area contributed by atoms with Crippen molar-refractivity contribution in [1.29, 1.82) is 0 Å². The fraction of sp³-hybridized carbons (Fsp3) is 0.238. The van der Waals surface area contributed by atoms with E-state index in [9.17, 15) is 4.79 Å². The molecule has 28 heavy (non-hydrogen) atoms. The molecule has 4 rings (SSSR count). The maximum absolute atomic E-state index is 12.6. The van der Waals surface area contributed by atoms with Crippen LogP contribution in [0.3, 0.4) is 0 Å². The summed E-state index contributed by atoms with van der Waals surface area (Å²) < 4.78 is 1.77. The third-order valence-electron chi connectivity index (χ3n) is 4.68. The lowest BCUT2D eigenvalue weighted by atomic mass is 10.0.